The van der Waals surface area contributed by atoms with E-state index in [1.165, 1.54) is 96.3 Å². The van der Waals surface area contributed by atoms with E-state index < -0.39 is 32.5 Å². The fourth-order valence-electron chi connectivity index (χ4n) is 8.62. The van der Waals surface area contributed by atoms with Crippen LogP contribution in [-0.2, 0) is 32.7 Å². The predicted molar refractivity (Wildman–Crippen MR) is 357 cm³/mol. The molecule has 10 heteroatoms. The SMILES string of the molecule is CC/C=C\C/C=C\C/C=C\C/C=C\C/C=C\C/C=C\C/C=C\C/C=C\CCCCCCC(=O)OC(COC(=O)CCCCCCCCCCCCCCCCCCC/C=C\C/C=C\C/C=C\C/C=C\C/C=C\CC)COP(=O)(O)OCCN. The number of nitrogens with two attached hydrogens (primary N) is 1. The van der Waals surface area contributed by atoms with E-state index in [1.807, 2.05) is 0 Å². The second-order valence-electron chi connectivity index (χ2n) is 21.2. The van der Waals surface area contributed by atoms with Gasteiger partial charge in [-0.3, -0.25) is 18.6 Å². The van der Waals surface area contributed by atoms with Crippen molar-refractivity contribution in [3.8, 4) is 0 Å². The maximum Gasteiger partial charge on any atom is 0.472 e. The van der Waals surface area contributed by atoms with Crippen LogP contribution in [0.4, 0.5) is 0 Å². The third-order valence-electron chi connectivity index (χ3n) is 13.4. The van der Waals surface area contributed by atoms with Gasteiger partial charge < -0.3 is 20.1 Å². The number of carbonyl (C=O) groups is 2. The molecule has 0 radical (unpaired) electrons. The zero-order valence-electron chi connectivity index (χ0n) is 52.6. The quantitative estimate of drug-likeness (QED) is 0.0264. The van der Waals surface area contributed by atoms with Crippen LogP contribution in [0.15, 0.2) is 158 Å². The topological polar surface area (TPSA) is 134 Å². The van der Waals surface area contributed by atoms with Crippen LogP contribution >= 0.6 is 7.82 Å². The van der Waals surface area contributed by atoms with E-state index in [-0.39, 0.29) is 32.6 Å². The van der Waals surface area contributed by atoms with Crippen molar-refractivity contribution >= 4 is 19.8 Å². The minimum absolute atomic E-state index is 0.0414. The molecule has 0 heterocycles. The van der Waals surface area contributed by atoms with Crippen LogP contribution in [0.2, 0.25) is 0 Å². The molecule has 3 N–H and O–H groups in total. The monoisotopic (exact) mass is 1170 g/mol. The summed E-state index contributed by atoms with van der Waals surface area (Å²) in [6.07, 6.45) is 97.4. The Balaban J connectivity index is 3.99. The van der Waals surface area contributed by atoms with Gasteiger partial charge >= 0.3 is 19.8 Å². The van der Waals surface area contributed by atoms with Gasteiger partial charge in [-0.1, -0.05) is 281 Å². The highest BCUT2D eigenvalue weighted by atomic mass is 31.2. The Morgan fingerprint density at radius 3 is 0.928 bits per heavy atom. The average molecular weight is 1170 g/mol. The summed E-state index contributed by atoms with van der Waals surface area (Å²) in [5.41, 5.74) is 5.39. The third kappa shape index (κ3) is 66.6. The number of hydrogen-bond acceptors (Lipinski definition) is 8. The van der Waals surface area contributed by atoms with E-state index in [4.69, 9.17) is 24.3 Å². The molecule has 83 heavy (non-hydrogen) atoms. The first-order chi connectivity index (χ1) is 40.8. The molecule has 9 nitrogen and oxygen atoms in total. The van der Waals surface area contributed by atoms with Gasteiger partial charge in [-0.15, -0.1) is 0 Å². The highest BCUT2D eigenvalue weighted by Gasteiger charge is 2.26. The number of allylic oxidation sites excluding steroid dienone is 26. The minimum Gasteiger partial charge on any atom is -0.462 e. The van der Waals surface area contributed by atoms with Crippen LogP contribution in [0, 0.1) is 0 Å². The molecule has 0 spiro atoms. The molecular formula is C73H120NO8P. The Morgan fingerprint density at radius 1 is 0.361 bits per heavy atom. The smallest absolute Gasteiger partial charge is 0.462 e. The molecular weight excluding hydrogens is 1050 g/mol. The van der Waals surface area contributed by atoms with Gasteiger partial charge in [0.15, 0.2) is 6.10 Å². The largest absolute Gasteiger partial charge is 0.472 e. The van der Waals surface area contributed by atoms with Crippen LogP contribution in [0.3, 0.4) is 0 Å². The van der Waals surface area contributed by atoms with Gasteiger partial charge in [0, 0.05) is 19.4 Å². The highest BCUT2D eigenvalue weighted by molar-refractivity contribution is 7.47. The van der Waals surface area contributed by atoms with Crippen molar-refractivity contribution in [3.63, 3.8) is 0 Å². The average Bonchev–Trinajstić information content (AvgIpc) is 3.49. The van der Waals surface area contributed by atoms with Crippen LogP contribution in [0.5, 0.6) is 0 Å². The Bertz CT molecular complexity index is 1920. The molecule has 0 aliphatic heterocycles. The third-order valence-corrected chi connectivity index (χ3v) is 14.4. The molecule has 470 valence electrons. The molecule has 0 aliphatic carbocycles. The molecule has 0 aromatic rings. The number of hydrogen-bond donors (Lipinski definition) is 2. The van der Waals surface area contributed by atoms with Crippen molar-refractivity contribution < 1.29 is 37.6 Å². The van der Waals surface area contributed by atoms with Crippen molar-refractivity contribution in [1.82, 2.24) is 0 Å². The van der Waals surface area contributed by atoms with Crippen molar-refractivity contribution in [2.45, 2.75) is 264 Å². The zero-order chi connectivity index (χ0) is 60.1. The molecule has 0 saturated heterocycles. The van der Waals surface area contributed by atoms with Gasteiger partial charge in [-0.25, -0.2) is 4.57 Å². The molecule has 0 bridgehead atoms. The summed E-state index contributed by atoms with van der Waals surface area (Å²) in [4.78, 5) is 35.3. The maximum absolute atomic E-state index is 12.7. The van der Waals surface area contributed by atoms with E-state index in [0.717, 1.165) is 128 Å². The summed E-state index contributed by atoms with van der Waals surface area (Å²) in [6, 6.07) is 0. The highest BCUT2D eigenvalue weighted by Crippen LogP contribution is 2.43. The number of carbonyl (C=O) groups excluding carboxylic acids is 2. The summed E-state index contributed by atoms with van der Waals surface area (Å²) >= 11 is 0. The fraction of sp³-hybridized carbons (Fsp3) is 0.616. The summed E-state index contributed by atoms with van der Waals surface area (Å²) < 4.78 is 33.1. The van der Waals surface area contributed by atoms with Gasteiger partial charge in [-0.05, 0) is 122 Å². The van der Waals surface area contributed by atoms with Crippen LogP contribution < -0.4 is 5.73 Å². The van der Waals surface area contributed by atoms with Crippen molar-refractivity contribution in [3.05, 3.63) is 158 Å². The molecule has 2 unspecified atom stereocenters. The molecule has 2 atom stereocenters. The lowest BCUT2D eigenvalue weighted by molar-refractivity contribution is -0.161. The van der Waals surface area contributed by atoms with Crippen molar-refractivity contribution in [2.24, 2.45) is 5.73 Å². The van der Waals surface area contributed by atoms with E-state index in [9.17, 15) is 19.0 Å². The molecule has 0 amide bonds. The number of rotatable bonds is 60. The molecule has 0 aromatic heterocycles. The first kappa shape index (κ1) is 78.6. The first-order valence-electron chi connectivity index (χ1n) is 33.0. The van der Waals surface area contributed by atoms with E-state index >= 15 is 0 Å². The van der Waals surface area contributed by atoms with Gasteiger partial charge in [-0.2, -0.15) is 0 Å². The minimum atomic E-state index is -4.41. The summed E-state index contributed by atoms with van der Waals surface area (Å²) in [6.45, 7) is 3.48. The van der Waals surface area contributed by atoms with Crippen LogP contribution in [-0.4, -0.2) is 49.3 Å². The molecule has 0 fully saturated rings. The molecule has 0 aromatic carbocycles. The summed E-state index contributed by atoms with van der Waals surface area (Å²) in [5.74, 6) is -0.862. The zero-order valence-corrected chi connectivity index (χ0v) is 53.5. The normalized spacial score (nSPS) is 14.0. The Hall–Kier alpha value is -4.37. The van der Waals surface area contributed by atoms with Gasteiger partial charge in [0.05, 0.1) is 13.2 Å². The maximum atomic E-state index is 12.7. The number of ether oxygens (including phenoxy) is 2. The van der Waals surface area contributed by atoms with Gasteiger partial charge in [0.25, 0.3) is 0 Å². The molecule has 0 saturated carbocycles. The Labute approximate surface area is 509 Å². The van der Waals surface area contributed by atoms with Gasteiger partial charge in [0.2, 0.25) is 0 Å². The Kier molecular flexibility index (Phi) is 63.3. The van der Waals surface area contributed by atoms with E-state index in [0.29, 0.717) is 6.42 Å². The summed E-state index contributed by atoms with van der Waals surface area (Å²) in [7, 11) is -4.41. The van der Waals surface area contributed by atoms with Gasteiger partial charge in [0.1, 0.15) is 6.61 Å². The molecule has 0 rings (SSSR count). The number of esters is 2. The lowest BCUT2D eigenvalue weighted by Crippen LogP contribution is -2.29. The van der Waals surface area contributed by atoms with E-state index in [2.05, 4.69) is 172 Å². The second-order valence-corrected chi connectivity index (χ2v) is 22.7. The summed E-state index contributed by atoms with van der Waals surface area (Å²) in [5, 5.41) is 0. The fourth-order valence-corrected chi connectivity index (χ4v) is 9.39. The van der Waals surface area contributed by atoms with Crippen LogP contribution in [0.1, 0.15) is 258 Å². The lowest BCUT2D eigenvalue weighted by atomic mass is 10.0. The van der Waals surface area contributed by atoms with Crippen molar-refractivity contribution in [2.75, 3.05) is 26.4 Å². The number of phosphoric ester groups is 1. The van der Waals surface area contributed by atoms with E-state index in [1.54, 1.807) is 0 Å². The number of phosphoric acid groups is 1. The predicted octanol–water partition coefficient (Wildman–Crippen LogP) is 21.6. The standard InChI is InChI=1S/C73H120NO8P/c1-3-5-7-9-11-13-15-17-19-21-23-25-27-29-31-33-34-35-36-38-39-41-43-45-47-49-51-53-55-57-59-61-63-65-72(75)79-69-71(70-81-83(77,78)80-68-67-74)82-73(76)66-64-62-60-58-56-54-52-50-48-46-44-42-40-37-32-30-28-26-24-22-20-18-16-14-12-10-8-6-4-2/h5-8,11-14,17-20,23-26,29-32,40,42,46,48,52,54,71H,3-4,9-10,15-16,21-22,27-28,33-39,41,43-45,47,49-51,53,55-70,74H2,1-2H3,(H,77,78)/b7-5-,8-6-,13-11-,14-12-,19-17-,20-18-,25-23-,26-24-,31-29-,32-30-,42-40-,48-46-,54-52-. The van der Waals surface area contributed by atoms with Crippen molar-refractivity contribution in [1.29, 1.82) is 0 Å². The lowest BCUT2D eigenvalue weighted by Gasteiger charge is -2.19. The first-order valence-corrected chi connectivity index (χ1v) is 34.5. The molecule has 0 aliphatic rings. The second kappa shape index (κ2) is 66.8. The Morgan fingerprint density at radius 2 is 0.627 bits per heavy atom. The van der Waals surface area contributed by atoms with Crippen LogP contribution in [0.25, 0.3) is 0 Å². The number of unbranched alkanes of at least 4 members (excludes halogenated alkanes) is 21.